The second kappa shape index (κ2) is 7.34. The third kappa shape index (κ3) is 4.57. The van der Waals surface area contributed by atoms with Crippen LogP contribution in [0.4, 0.5) is 10.5 Å². The van der Waals surface area contributed by atoms with Crippen LogP contribution in [-0.4, -0.2) is 6.03 Å². The van der Waals surface area contributed by atoms with E-state index in [-0.39, 0.29) is 6.03 Å². The van der Waals surface area contributed by atoms with Gasteiger partial charge >= 0.3 is 6.03 Å². The van der Waals surface area contributed by atoms with E-state index in [4.69, 9.17) is 11.6 Å². The van der Waals surface area contributed by atoms with Crippen LogP contribution >= 0.6 is 11.6 Å². The molecule has 0 aliphatic heterocycles. The second-order valence-corrected chi connectivity index (χ2v) is 5.75. The van der Waals surface area contributed by atoms with Gasteiger partial charge in [-0.1, -0.05) is 43.0 Å². The summed E-state index contributed by atoms with van der Waals surface area (Å²) in [6.07, 6.45) is 10.2. The zero-order chi connectivity index (χ0) is 14.4. The lowest BCUT2D eigenvalue weighted by Crippen LogP contribution is -2.24. The van der Waals surface area contributed by atoms with Gasteiger partial charge < -0.3 is 10.6 Å². The van der Waals surface area contributed by atoms with Gasteiger partial charge in [-0.2, -0.15) is 0 Å². The molecule has 4 heteroatoms. The maximum atomic E-state index is 11.8. The third-order valence-corrected chi connectivity index (χ3v) is 3.92. The lowest BCUT2D eigenvalue weighted by Gasteiger charge is -2.17. The maximum Gasteiger partial charge on any atom is 0.323 e. The van der Waals surface area contributed by atoms with Crippen LogP contribution in [0.25, 0.3) is 0 Å². The Morgan fingerprint density at radius 1 is 1.30 bits per heavy atom. The Morgan fingerprint density at radius 3 is 2.80 bits per heavy atom. The lowest BCUT2D eigenvalue weighted by molar-refractivity contribution is 0.255. The van der Waals surface area contributed by atoms with Crippen LogP contribution in [0, 0.1) is 12.8 Å². The van der Waals surface area contributed by atoms with Gasteiger partial charge in [0, 0.05) is 16.9 Å². The van der Waals surface area contributed by atoms with E-state index in [1.54, 1.807) is 12.3 Å². The summed E-state index contributed by atoms with van der Waals surface area (Å²) >= 11 is 5.92. The molecule has 1 aromatic carbocycles. The lowest BCUT2D eigenvalue weighted by atomic mass is 9.89. The van der Waals surface area contributed by atoms with Gasteiger partial charge in [0.2, 0.25) is 0 Å². The molecular formula is C16H21ClN2O. The number of hydrogen-bond acceptors (Lipinski definition) is 1. The summed E-state index contributed by atoms with van der Waals surface area (Å²) in [5.74, 6) is 0.608. The van der Waals surface area contributed by atoms with E-state index in [0.29, 0.717) is 10.9 Å². The molecule has 2 rings (SSSR count). The van der Waals surface area contributed by atoms with E-state index in [2.05, 4.69) is 16.7 Å². The predicted octanol–water partition coefficient (Wildman–Crippen LogP) is 4.86. The summed E-state index contributed by atoms with van der Waals surface area (Å²) < 4.78 is 0. The number of nitrogens with one attached hydrogen (secondary N) is 2. The fourth-order valence-electron chi connectivity index (χ4n) is 2.47. The molecule has 20 heavy (non-hydrogen) atoms. The van der Waals surface area contributed by atoms with Crippen molar-refractivity contribution in [1.29, 1.82) is 0 Å². The van der Waals surface area contributed by atoms with Crippen molar-refractivity contribution in [2.75, 3.05) is 5.32 Å². The van der Waals surface area contributed by atoms with E-state index in [1.807, 2.05) is 19.1 Å². The van der Waals surface area contributed by atoms with Crippen molar-refractivity contribution in [3.8, 4) is 0 Å². The number of halogens is 1. The van der Waals surface area contributed by atoms with E-state index >= 15 is 0 Å². The topological polar surface area (TPSA) is 41.1 Å². The molecule has 0 unspecified atom stereocenters. The molecule has 0 spiro atoms. The van der Waals surface area contributed by atoms with E-state index in [0.717, 1.165) is 11.3 Å². The Bertz CT molecular complexity index is 493. The van der Waals surface area contributed by atoms with Crippen molar-refractivity contribution in [3.63, 3.8) is 0 Å². The Balaban J connectivity index is 1.82. The summed E-state index contributed by atoms with van der Waals surface area (Å²) in [6, 6.07) is 5.21. The van der Waals surface area contributed by atoms with E-state index in [1.165, 1.54) is 32.1 Å². The molecule has 0 atom stereocenters. The Kier molecular flexibility index (Phi) is 5.48. The van der Waals surface area contributed by atoms with Crippen LogP contribution in [-0.2, 0) is 0 Å². The molecule has 2 amide bonds. The number of benzene rings is 1. The quantitative estimate of drug-likeness (QED) is 0.820. The fourth-order valence-corrected chi connectivity index (χ4v) is 2.65. The number of urea groups is 1. The summed E-state index contributed by atoms with van der Waals surface area (Å²) in [5.41, 5.74) is 1.72. The molecule has 1 aromatic rings. The first-order chi connectivity index (χ1) is 9.65. The minimum atomic E-state index is -0.234. The van der Waals surface area contributed by atoms with Gasteiger partial charge in [0.05, 0.1) is 0 Å². The maximum absolute atomic E-state index is 11.8. The van der Waals surface area contributed by atoms with Crippen molar-refractivity contribution in [2.45, 2.75) is 39.0 Å². The molecule has 1 aliphatic rings. The van der Waals surface area contributed by atoms with Crippen LogP contribution in [0.15, 0.2) is 30.5 Å². The Morgan fingerprint density at radius 2 is 2.05 bits per heavy atom. The number of carbonyl (C=O) groups is 1. The summed E-state index contributed by atoms with van der Waals surface area (Å²) in [6.45, 7) is 1.93. The predicted molar refractivity (Wildman–Crippen MR) is 84.1 cm³/mol. The van der Waals surface area contributed by atoms with Gasteiger partial charge in [-0.3, -0.25) is 0 Å². The molecule has 3 nitrogen and oxygen atoms in total. The van der Waals surface area contributed by atoms with Gasteiger partial charge in [0.25, 0.3) is 0 Å². The number of anilines is 1. The van der Waals surface area contributed by atoms with Crippen LogP contribution in [0.2, 0.25) is 5.02 Å². The highest BCUT2D eigenvalue weighted by Gasteiger charge is 2.10. The van der Waals surface area contributed by atoms with Crippen LogP contribution in [0.1, 0.15) is 37.7 Å². The average molecular weight is 293 g/mol. The SMILES string of the molecule is Cc1ccc(Cl)cc1NC(=O)N/C=C/C1CCCCC1. The standard InChI is InChI=1S/C16H21ClN2O/c1-12-7-8-14(17)11-15(12)19-16(20)18-10-9-13-5-3-2-4-6-13/h7-11,13H,2-6H2,1H3,(H2,18,19,20)/b10-9+. The molecule has 2 N–H and O–H groups in total. The summed E-state index contributed by atoms with van der Waals surface area (Å²) in [5, 5.41) is 6.17. The zero-order valence-electron chi connectivity index (χ0n) is 11.8. The number of aryl methyl sites for hydroxylation is 1. The zero-order valence-corrected chi connectivity index (χ0v) is 12.5. The first-order valence-corrected chi connectivity index (χ1v) is 7.53. The molecule has 0 saturated heterocycles. The monoisotopic (exact) mass is 292 g/mol. The molecular weight excluding hydrogens is 272 g/mol. The molecule has 1 fully saturated rings. The van der Waals surface area contributed by atoms with Crippen molar-refractivity contribution >= 4 is 23.3 Å². The van der Waals surface area contributed by atoms with E-state index in [9.17, 15) is 4.79 Å². The number of allylic oxidation sites excluding steroid dienone is 1. The van der Waals surface area contributed by atoms with Gasteiger partial charge in [0.1, 0.15) is 0 Å². The fraction of sp³-hybridized carbons (Fsp3) is 0.438. The number of hydrogen-bond donors (Lipinski definition) is 2. The molecule has 0 aromatic heterocycles. The van der Waals surface area contributed by atoms with Crippen molar-refractivity contribution in [1.82, 2.24) is 5.32 Å². The normalized spacial score (nSPS) is 16.3. The Hall–Kier alpha value is -1.48. The van der Waals surface area contributed by atoms with Gasteiger partial charge in [-0.05, 0) is 43.4 Å². The van der Waals surface area contributed by atoms with Crippen molar-refractivity contribution in [2.24, 2.45) is 5.92 Å². The minimum absolute atomic E-state index is 0.234. The van der Waals surface area contributed by atoms with Gasteiger partial charge in [-0.25, -0.2) is 4.79 Å². The molecule has 0 bridgehead atoms. The van der Waals surface area contributed by atoms with Crippen molar-refractivity contribution in [3.05, 3.63) is 41.1 Å². The summed E-state index contributed by atoms with van der Waals surface area (Å²) in [4.78, 5) is 11.8. The first kappa shape index (κ1) is 14.9. The van der Waals surface area contributed by atoms with Crippen LogP contribution < -0.4 is 10.6 Å². The molecule has 0 heterocycles. The third-order valence-electron chi connectivity index (χ3n) is 3.68. The van der Waals surface area contributed by atoms with Crippen LogP contribution in [0.3, 0.4) is 0 Å². The highest BCUT2D eigenvalue weighted by atomic mass is 35.5. The molecule has 1 saturated carbocycles. The molecule has 1 aliphatic carbocycles. The highest BCUT2D eigenvalue weighted by molar-refractivity contribution is 6.31. The van der Waals surface area contributed by atoms with Crippen molar-refractivity contribution < 1.29 is 4.79 Å². The molecule has 108 valence electrons. The second-order valence-electron chi connectivity index (χ2n) is 5.31. The first-order valence-electron chi connectivity index (χ1n) is 7.15. The minimum Gasteiger partial charge on any atom is -0.315 e. The van der Waals surface area contributed by atoms with Gasteiger partial charge in [0.15, 0.2) is 0 Å². The van der Waals surface area contributed by atoms with Gasteiger partial charge in [-0.15, -0.1) is 0 Å². The highest BCUT2D eigenvalue weighted by Crippen LogP contribution is 2.24. The Labute approximate surface area is 125 Å². The smallest absolute Gasteiger partial charge is 0.315 e. The largest absolute Gasteiger partial charge is 0.323 e. The number of carbonyl (C=O) groups excluding carboxylic acids is 1. The summed E-state index contributed by atoms with van der Waals surface area (Å²) in [7, 11) is 0. The number of amides is 2. The number of rotatable bonds is 3. The average Bonchev–Trinajstić information content (AvgIpc) is 2.44. The van der Waals surface area contributed by atoms with E-state index < -0.39 is 0 Å². The van der Waals surface area contributed by atoms with Crippen LogP contribution in [0.5, 0.6) is 0 Å². The molecule has 0 radical (unpaired) electrons.